The smallest absolute Gasteiger partial charge is 0.278 e. The first kappa shape index (κ1) is 18.1. The third kappa shape index (κ3) is 4.20. The predicted molar refractivity (Wildman–Crippen MR) is 110 cm³/mol. The number of amides is 1. The van der Waals surface area contributed by atoms with Crippen LogP contribution in [0.3, 0.4) is 0 Å². The summed E-state index contributed by atoms with van der Waals surface area (Å²) in [6.45, 7) is 4.69. The van der Waals surface area contributed by atoms with Gasteiger partial charge in [-0.05, 0) is 37.5 Å². The molecule has 3 aromatic rings. The number of carbonyl (C=O) groups excluding carboxylic acids is 1. The summed E-state index contributed by atoms with van der Waals surface area (Å²) in [6.07, 6.45) is 2.31. The number of rotatable bonds is 5. The van der Waals surface area contributed by atoms with E-state index in [1.54, 1.807) is 0 Å². The van der Waals surface area contributed by atoms with Crippen molar-refractivity contribution in [1.82, 2.24) is 10.3 Å². The lowest BCUT2D eigenvalue weighted by Gasteiger charge is -2.32. The van der Waals surface area contributed by atoms with Crippen molar-refractivity contribution in [3.8, 4) is 0 Å². The van der Waals surface area contributed by atoms with Crippen LogP contribution in [0.1, 0.15) is 36.3 Å². The van der Waals surface area contributed by atoms with Crippen molar-refractivity contribution in [3.63, 3.8) is 0 Å². The Kier molecular flexibility index (Phi) is 5.50. The van der Waals surface area contributed by atoms with Crippen LogP contribution < -0.4 is 10.2 Å². The minimum Gasteiger partial charge on any atom is -0.347 e. The Morgan fingerprint density at radius 2 is 2.00 bits per heavy atom. The van der Waals surface area contributed by atoms with Crippen molar-refractivity contribution in [3.05, 3.63) is 65.2 Å². The average Bonchev–Trinajstić information content (AvgIpc) is 3.17. The summed E-state index contributed by atoms with van der Waals surface area (Å²) in [7, 11) is 0. The molecule has 0 aliphatic carbocycles. The van der Waals surface area contributed by atoms with Gasteiger partial charge in [-0.1, -0.05) is 42.5 Å². The molecule has 5 heteroatoms. The van der Waals surface area contributed by atoms with Crippen molar-refractivity contribution >= 4 is 27.5 Å². The Balaban J connectivity index is 1.38. The van der Waals surface area contributed by atoms with Crippen LogP contribution in [0, 0.1) is 0 Å². The molecule has 2 N–H and O–H groups in total. The van der Waals surface area contributed by atoms with E-state index in [1.165, 1.54) is 21.0 Å². The molecule has 2 heterocycles. The van der Waals surface area contributed by atoms with Crippen molar-refractivity contribution in [2.75, 3.05) is 13.1 Å². The molecule has 3 atom stereocenters. The number of piperidine rings is 1. The van der Waals surface area contributed by atoms with Crippen LogP contribution in [0.2, 0.25) is 0 Å². The van der Waals surface area contributed by atoms with E-state index in [4.69, 9.17) is 4.98 Å². The lowest BCUT2D eigenvalue weighted by Crippen LogP contribution is -3.17. The first-order valence-corrected chi connectivity index (χ1v) is 10.5. The summed E-state index contributed by atoms with van der Waals surface area (Å²) in [5.74, 6) is 0.592. The molecule has 0 spiro atoms. The monoisotopic (exact) mass is 380 g/mol. The molecule has 4 nitrogen and oxygen atoms in total. The van der Waals surface area contributed by atoms with Gasteiger partial charge in [0.05, 0.1) is 29.2 Å². The van der Waals surface area contributed by atoms with Gasteiger partial charge in [0.25, 0.3) is 5.91 Å². The van der Waals surface area contributed by atoms with Gasteiger partial charge < -0.3 is 10.2 Å². The summed E-state index contributed by atoms with van der Waals surface area (Å²) in [5.41, 5.74) is 2.23. The number of nitrogens with zero attached hydrogens (tertiary/aromatic N) is 1. The number of nitrogens with one attached hydrogen (secondary N) is 2. The number of aromatic nitrogens is 1. The van der Waals surface area contributed by atoms with E-state index in [0.29, 0.717) is 12.5 Å². The van der Waals surface area contributed by atoms with Gasteiger partial charge in [0.2, 0.25) is 0 Å². The normalized spacial score (nSPS) is 21.1. The fraction of sp³-hybridized carbons (Fsp3) is 0.364. The number of thiazole rings is 1. The van der Waals surface area contributed by atoms with Gasteiger partial charge >= 0.3 is 0 Å². The Hall–Kier alpha value is -2.24. The molecule has 1 amide bonds. The largest absolute Gasteiger partial charge is 0.347 e. The molecular weight excluding hydrogens is 354 g/mol. The molecule has 0 radical (unpaired) electrons. The number of para-hydroxylation sites is 1. The van der Waals surface area contributed by atoms with E-state index in [0.717, 1.165) is 30.6 Å². The van der Waals surface area contributed by atoms with Crippen LogP contribution in [0.5, 0.6) is 0 Å². The fourth-order valence-corrected chi connectivity index (χ4v) is 4.99. The van der Waals surface area contributed by atoms with Crippen molar-refractivity contribution in [2.45, 2.75) is 38.3 Å². The molecule has 1 aliphatic rings. The van der Waals surface area contributed by atoms with Gasteiger partial charge in [0.1, 0.15) is 5.01 Å². The summed E-state index contributed by atoms with van der Waals surface area (Å²) in [6, 6.07) is 18.4. The topological polar surface area (TPSA) is 46.4 Å². The van der Waals surface area contributed by atoms with E-state index in [2.05, 4.69) is 30.4 Å². The third-order valence-corrected chi connectivity index (χ3v) is 6.73. The highest BCUT2D eigenvalue weighted by Crippen LogP contribution is 2.30. The van der Waals surface area contributed by atoms with E-state index in [-0.39, 0.29) is 11.9 Å². The molecule has 2 aromatic carbocycles. The Labute approximate surface area is 164 Å². The highest BCUT2D eigenvalue weighted by molar-refractivity contribution is 7.18. The summed E-state index contributed by atoms with van der Waals surface area (Å²) in [4.78, 5) is 18.9. The molecule has 140 valence electrons. The van der Waals surface area contributed by atoms with Gasteiger partial charge in [-0.2, -0.15) is 0 Å². The number of quaternary nitrogens is 1. The minimum absolute atomic E-state index is 0.0362. The Morgan fingerprint density at radius 3 is 2.81 bits per heavy atom. The van der Waals surface area contributed by atoms with Gasteiger partial charge in [-0.25, -0.2) is 4.98 Å². The van der Waals surface area contributed by atoms with Gasteiger partial charge in [0.15, 0.2) is 6.04 Å². The first-order valence-electron chi connectivity index (χ1n) is 9.72. The zero-order valence-corrected chi connectivity index (χ0v) is 16.5. The molecule has 1 aromatic heterocycles. The van der Waals surface area contributed by atoms with Crippen molar-refractivity contribution in [1.29, 1.82) is 0 Å². The minimum atomic E-state index is -0.0362. The standard InChI is InChI=1S/C22H25N3OS/c1-16(21(26)23-14-17-8-3-2-4-9-17)25-13-7-10-18(15-25)22-24-19-11-5-6-12-20(19)27-22/h2-6,8-9,11-12,16,18H,7,10,13-15H2,1H3,(H,23,26)/p+1/t16-,18+/m1/s1. The van der Waals surface area contributed by atoms with E-state index in [1.807, 2.05) is 47.7 Å². The molecule has 27 heavy (non-hydrogen) atoms. The van der Waals surface area contributed by atoms with Crippen LogP contribution in [0.15, 0.2) is 54.6 Å². The van der Waals surface area contributed by atoms with Gasteiger partial charge in [-0.3, -0.25) is 4.79 Å². The molecule has 4 rings (SSSR count). The van der Waals surface area contributed by atoms with E-state index >= 15 is 0 Å². The molecule has 0 saturated carbocycles. The molecule has 1 fully saturated rings. The van der Waals surface area contributed by atoms with Crippen LogP contribution in [-0.4, -0.2) is 30.0 Å². The Bertz CT molecular complexity index is 875. The number of fused-ring (bicyclic) bond motifs is 1. The second-order valence-corrected chi connectivity index (χ2v) is 8.46. The van der Waals surface area contributed by atoms with Crippen LogP contribution in [0.25, 0.3) is 10.2 Å². The van der Waals surface area contributed by atoms with Gasteiger partial charge in [0, 0.05) is 6.54 Å². The van der Waals surface area contributed by atoms with E-state index < -0.39 is 0 Å². The first-order chi connectivity index (χ1) is 13.2. The summed E-state index contributed by atoms with van der Waals surface area (Å²) in [5, 5.41) is 4.33. The van der Waals surface area contributed by atoms with Crippen LogP contribution in [0.4, 0.5) is 0 Å². The quantitative estimate of drug-likeness (QED) is 0.715. The van der Waals surface area contributed by atoms with E-state index in [9.17, 15) is 4.79 Å². The zero-order valence-electron chi connectivity index (χ0n) is 15.7. The third-order valence-electron chi connectivity index (χ3n) is 5.53. The molecule has 1 unspecified atom stereocenters. The lowest BCUT2D eigenvalue weighted by molar-refractivity contribution is -0.920. The number of hydrogen-bond donors (Lipinski definition) is 2. The summed E-state index contributed by atoms with van der Waals surface area (Å²) >= 11 is 1.81. The second-order valence-electron chi connectivity index (χ2n) is 7.40. The molecular formula is C22H26N3OS+. The zero-order chi connectivity index (χ0) is 18.6. The highest BCUT2D eigenvalue weighted by atomic mass is 32.1. The predicted octanol–water partition coefficient (Wildman–Crippen LogP) is 2.76. The maximum atomic E-state index is 12.7. The number of benzene rings is 2. The average molecular weight is 381 g/mol. The second kappa shape index (κ2) is 8.19. The van der Waals surface area contributed by atoms with Crippen molar-refractivity contribution in [2.24, 2.45) is 0 Å². The molecule has 1 aliphatic heterocycles. The number of carbonyl (C=O) groups is 1. The molecule has 1 saturated heterocycles. The summed E-state index contributed by atoms with van der Waals surface area (Å²) < 4.78 is 1.26. The number of hydrogen-bond acceptors (Lipinski definition) is 3. The Morgan fingerprint density at radius 1 is 1.22 bits per heavy atom. The molecule has 0 bridgehead atoms. The van der Waals surface area contributed by atoms with Crippen molar-refractivity contribution < 1.29 is 9.69 Å². The van der Waals surface area contributed by atoms with Gasteiger partial charge in [-0.15, -0.1) is 11.3 Å². The number of likely N-dealkylation sites (tertiary alicyclic amines) is 1. The van der Waals surface area contributed by atoms with Crippen LogP contribution >= 0.6 is 11.3 Å². The fourth-order valence-electron chi connectivity index (χ4n) is 3.89. The highest BCUT2D eigenvalue weighted by Gasteiger charge is 2.32. The maximum Gasteiger partial charge on any atom is 0.278 e. The SMILES string of the molecule is C[C@H](C(=O)NCc1ccccc1)[NH+]1CCC[C@H](c2nc3ccccc3s2)C1. The maximum absolute atomic E-state index is 12.7. The lowest BCUT2D eigenvalue weighted by atomic mass is 9.97. The van der Waals surface area contributed by atoms with Crippen LogP contribution in [-0.2, 0) is 11.3 Å².